The Hall–Kier alpha value is -1.77. The molecule has 0 aliphatic heterocycles. The van der Waals surface area contributed by atoms with E-state index < -0.39 is 0 Å². The Balaban J connectivity index is 0.000000875. The number of methoxy groups -OCH3 is 1. The standard InChI is InChI=1S/C18H20N2O3.C9H19.U/c1-13(21)11-14-3-7-16(8-4-14)20-18(22)19-12-15-5-9-17(23-2)10-6-15;1-5-9(4)7-6-8(2)3;/h3-10H,11-12H2,1-2H3,(H2,19,20,22);8-9H,2,5-7H2,1,3-4H3;/q;-1;/t;8-,9?;/m.1./s1. The first-order chi connectivity index (χ1) is 15.2. The minimum atomic E-state index is -0.278. The quantitative estimate of drug-likeness (QED) is 0.285. The molecule has 0 fully saturated rings. The Morgan fingerprint density at radius 3 is 2.03 bits per heavy atom. The predicted octanol–water partition coefficient (Wildman–Crippen LogP) is 6.43. The van der Waals surface area contributed by atoms with Crippen LogP contribution in [0.25, 0.3) is 0 Å². The maximum Gasteiger partial charge on any atom is 0.319 e. The number of carbonyl (C=O) groups is 2. The molecule has 5 nitrogen and oxygen atoms in total. The van der Waals surface area contributed by atoms with Crippen molar-refractivity contribution in [2.45, 2.75) is 59.9 Å². The van der Waals surface area contributed by atoms with Crippen LogP contribution in [0.4, 0.5) is 10.5 Å². The first-order valence-corrected chi connectivity index (χ1v) is 11.3. The van der Waals surface area contributed by atoms with Crippen molar-refractivity contribution >= 4 is 17.5 Å². The number of rotatable bonds is 10. The molecular weight excluding hydrogens is 638 g/mol. The molecule has 2 rings (SSSR count). The van der Waals surface area contributed by atoms with Gasteiger partial charge in [-0.15, -0.1) is 0 Å². The van der Waals surface area contributed by atoms with Gasteiger partial charge in [0.15, 0.2) is 0 Å². The summed E-state index contributed by atoms with van der Waals surface area (Å²) in [6, 6.07) is 14.5. The normalized spacial score (nSPS) is 11.7. The molecule has 6 heteroatoms. The third-order valence-corrected chi connectivity index (χ3v) is 5.13. The number of hydrogen-bond donors (Lipinski definition) is 2. The molecule has 2 N–H and O–H groups in total. The van der Waals surface area contributed by atoms with Crippen LogP contribution in [0.15, 0.2) is 48.5 Å². The Labute approximate surface area is 223 Å². The summed E-state index contributed by atoms with van der Waals surface area (Å²) in [7, 11) is 1.61. The number of urea groups is 1. The Morgan fingerprint density at radius 2 is 1.55 bits per heavy atom. The summed E-state index contributed by atoms with van der Waals surface area (Å²) in [5, 5.41) is 5.54. The van der Waals surface area contributed by atoms with Crippen molar-refractivity contribution in [3.63, 3.8) is 0 Å². The zero-order chi connectivity index (χ0) is 23.9. The van der Waals surface area contributed by atoms with Gasteiger partial charge in [-0.05, 0) is 48.2 Å². The second-order valence-corrected chi connectivity index (χ2v) is 8.43. The smallest absolute Gasteiger partial charge is 0.319 e. The number of nitrogens with one attached hydrogen (secondary N) is 2. The first kappa shape index (κ1) is 31.2. The summed E-state index contributed by atoms with van der Waals surface area (Å²) < 4.78 is 5.09. The van der Waals surface area contributed by atoms with Crippen LogP contribution in [0.5, 0.6) is 5.75 Å². The van der Waals surface area contributed by atoms with Gasteiger partial charge in [-0.2, -0.15) is 5.92 Å². The third-order valence-electron chi connectivity index (χ3n) is 5.13. The van der Waals surface area contributed by atoms with Crippen molar-refractivity contribution in [1.82, 2.24) is 5.32 Å². The van der Waals surface area contributed by atoms with Crippen LogP contribution in [0.2, 0.25) is 0 Å². The number of ketones is 1. The molecule has 0 bridgehead atoms. The van der Waals surface area contributed by atoms with E-state index in [1.807, 2.05) is 36.4 Å². The van der Waals surface area contributed by atoms with Crippen LogP contribution >= 0.6 is 0 Å². The molecule has 0 radical (unpaired) electrons. The molecule has 2 aromatic rings. The molecule has 2 atom stereocenters. The molecular formula is C27H39N2O3U-. The minimum absolute atomic E-state index is 0. The van der Waals surface area contributed by atoms with Gasteiger partial charge < -0.3 is 22.3 Å². The summed E-state index contributed by atoms with van der Waals surface area (Å²) in [6.45, 7) is 12.7. The van der Waals surface area contributed by atoms with Crippen molar-refractivity contribution in [3.8, 4) is 5.75 Å². The van der Waals surface area contributed by atoms with Gasteiger partial charge in [0.05, 0.1) is 7.11 Å². The van der Waals surface area contributed by atoms with Crippen LogP contribution < -0.4 is 15.4 Å². The summed E-state index contributed by atoms with van der Waals surface area (Å²) in [5.41, 5.74) is 2.60. The molecule has 0 saturated carbocycles. The van der Waals surface area contributed by atoms with Crippen LogP contribution in [-0.4, -0.2) is 18.9 Å². The fraction of sp³-hybridized carbons (Fsp3) is 0.444. The van der Waals surface area contributed by atoms with E-state index in [-0.39, 0.29) is 42.9 Å². The molecule has 2 aromatic carbocycles. The molecule has 0 aromatic heterocycles. The molecule has 0 saturated heterocycles. The SMILES string of the molecule is COc1ccc(CNC(=O)Nc2ccc(CC(C)=O)cc2)cc1.[CH2-][C@H](C)CCC(C)CC.[U]. The van der Waals surface area contributed by atoms with Gasteiger partial charge in [-0.3, -0.25) is 4.79 Å². The van der Waals surface area contributed by atoms with Crippen molar-refractivity contribution in [2.75, 3.05) is 12.4 Å². The molecule has 1 unspecified atom stereocenters. The van der Waals surface area contributed by atoms with Crippen molar-refractivity contribution in [3.05, 3.63) is 66.6 Å². The predicted molar refractivity (Wildman–Crippen MR) is 133 cm³/mol. The van der Waals surface area contributed by atoms with Gasteiger partial charge in [0.1, 0.15) is 11.5 Å². The Bertz CT molecular complexity index is 805. The van der Waals surface area contributed by atoms with E-state index in [9.17, 15) is 9.59 Å². The van der Waals surface area contributed by atoms with Gasteiger partial charge in [-0.25, -0.2) is 4.79 Å². The monoisotopic (exact) mass is 677 g/mol. The van der Waals surface area contributed by atoms with Gasteiger partial charge in [0, 0.05) is 49.8 Å². The number of carbonyl (C=O) groups excluding carboxylic acids is 2. The number of ether oxygens (including phenoxy) is 1. The number of hydrogen-bond acceptors (Lipinski definition) is 3. The average molecular weight is 678 g/mol. The second kappa shape index (κ2) is 17.7. The maximum atomic E-state index is 11.9. The number of benzene rings is 2. The van der Waals surface area contributed by atoms with Crippen LogP contribution in [-0.2, 0) is 17.8 Å². The largest absolute Gasteiger partial charge is 0.497 e. The van der Waals surface area contributed by atoms with Crippen LogP contribution in [0.1, 0.15) is 58.1 Å². The number of Topliss-reactive ketones (excluding diaryl/α,β-unsaturated/α-hetero) is 1. The molecule has 2 amide bonds. The van der Waals surface area contributed by atoms with Crippen molar-refractivity contribution < 1.29 is 45.4 Å². The molecule has 0 aliphatic carbocycles. The fourth-order valence-electron chi connectivity index (χ4n) is 2.87. The summed E-state index contributed by atoms with van der Waals surface area (Å²) in [6.07, 6.45) is 4.35. The second-order valence-electron chi connectivity index (χ2n) is 8.43. The molecule has 33 heavy (non-hydrogen) atoms. The zero-order valence-corrected chi connectivity index (χ0v) is 24.9. The molecule has 0 heterocycles. The van der Waals surface area contributed by atoms with E-state index in [0.29, 0.717) is 24.6 Å². The van der Waals surface area contributed by atoms with Crippen molar-refractivity contribution in [1.29, 1.82) is 0 Å². The maximum absolute atomic E-state index is 11.9. The Morgan fingerprint density at radius 1 is 0.970 bits per heavy atom. The van der Waals surface area contributed by atoms with Crippen molar-refractivity contribution in [2.24, 2.45) is 11.8 Å². The van der Waals surface area contributed by atoms with E-state index in [4.69, 9.17) is 4.74 Å². The Kier molecular flexibility index (Phi) is 16.7. The van der Waals surface area contributed by atoms with Crippen LogP contribution in [0.3, 0.4) is 0 Å². The molecule has 0 spiro atoms. The first-order valence-electron chi connectivity index (χ1n) is 11.3. The van der Waals surface area contributed by atoms with Crippen LogP contribution in [0, 0.1) is 49.9 Å². The zero-order valence-electron chi connectivity index (χ0n) is 20.7. The summed E-state index contributed by atoms with van der Waals surface area (Å²) in [5.74, 6) is 2.43. The fourth-order valence-corrected chi connectivity index (χ4v) is 2.87. The average Bonchev–Trinajstić information content (AvgIpc) is 2.77. The van der Waals surface area contributed by atoms with E-state index in [2.05, 4.69) is 38.3 Å². The molecule has 180 valence electrons. The van der Waals surface area contributed by atoms with E-state index in [1.54, 1.807) is 26.2 Å². The topological polar surface area (TPSA) is 67.4 Å². The van der Waals surface area contributed by atoms with Gasteiger partial charge in [0.25, 0.3) is 0 Å². The van der Waals surface area contributed by atoms with E-state index >= 15 is 0 Å². The minimum Gasteiger partial charge on any atom is -0.497 e. The number of amides is 2. The molecule has 0 aliphatic rings. The summed E-state index contributed by atoms with van der Waals surface area (Å²) in [4.78, 5) is 22.9. The van der Waals surface area contributed by atoms with E-state index in [1.165, 1.54) is 19.3 Å². The van der Waals surface area contributed by atoms with Gasteiger partial charge >= 0.3 is 6.03 Å². The third kappa shape index (κ3) is 14.9. The van der Waals surface area contributed by atoms with Gasteiger partial charge in [0.2, 0.25) is 0 Å². The van der Waals surface area contributed by atoms with Gasteiger partial charge in [-0.1, -0.05) is 64.3 Å². The number of anilines is 1. The summed E-state index contributed by atoms with van der Waals surface area (Å²) >= 11 is 0. The van der Waals surface area contributed by atoms with E-state index in [0.717, 1.165) is 22.8 Å².